The number of nitrogens with one attached hydrogen (secondary N) is 2. The second kappa shape index (κ2) is 7.21. The Morgan fingerprint density at radius 3 is 2.00 bits per heavy atom. The van der Waals surface area contributed by atoms with Crippen LogP contribution in [0.2, 0.25) is 10.0 Å². The molecule has 2 N–H and O–H groups in total. The van der Waals surface area contributed by atoms with Crippen molar-refractivity contribution < 1.29 is 17.6 Å². The highest BCUT2D eigenvalue weighted by atomic mass is 79.9. The van der Waals surface area contributed by atoms with Crippen LogP contribution < -0.4 is 10.6 Å². The zero-order valence-corrected chi connectivity index (χ0v) is 14.7. The second-order valence-corrected chi connectivity index (χ2v) is 6.17. The summed E-state index contributed by atoms with van der Waals surface area (Å²) < 4.78 is 53.4. The third kappa shape index (κ3) is 3.88. The van der Waals surface area contributed by atoms with Crippen molar-refractivity contribution in [1.29, 1.82) is 0 Å². The lowest BCUT2D eigenvalue weighted by Gasteiger charge is -2.14. The van der Waals surface area contributed by atoms with Crippen LogP contribution in [0.4, 0.5) is 28.9 Å². The molecule has 0 aliphatic carbocycles. The summed E-state index contributed by atoms with van der Waals surface area (Å²) in [6.07, 6.45) is 0. The zero-order valence-electron chi connectivity index (χ0n) is 10.8. The standard InChI is InChI=1S/C13H5BrCl2F4N2S/c14-7-8(17)10(19)12(11(20)9(7)18)22-13(23)21-4-1-2-5(15)6(16)3-4/h1-3H,(H2,21,22,23). The molecule has 0 bridgehead atoms. The molecule has 2 nitrogen and oxygen atoms in total. The first-order chi connectivity index (χ1) is 10.7. The van der Waals surface area contributed by atoms with Gasteiger partial charge in [-0.2, -0.15) is 0 Å². The Hall–Kier alpha value is -1.09. The van der Waals surface area contributed by atoms with E-state index in [1.165, 1.54) is 18.2 Å². The van der Waals surface area contributed by atoms with Crippen molar-refractivity contribution in [3.05, 3.63) is 56.0 Å². The average molecular weight is 448 g/mol. The van der Waals surface area contributed by atoms with Crippen molar-refractivity contribution in [2.24, 2.45) is 0 Å². The Labute approximate surface area is 151 Å². The molecule has 0 aliphatic heterocycles. The van der Waals surface area contributed by atoms with Gasteiger partial charge < -0.3 is 10.6 Å². The fraction of sp³-hybridized carbons (Fsp3) is 0. The molecule has 2 aromatic rings. The van der Waals surface area contributed by atoms with E-state index in [9.17, 15) is 17.6 Å². The maximum absolute atomic E-state index is 13.7. The van der Waals surface area contributed by atoms with E-state index in [4.69, 9.17) is 35.4 Å². The van der Waals surface area contributed by atoms with Crippen molar-refractivity contribution in [3.63, 3.8) is 0 Å². The van der Waals surface area contributed by atoms with Crippen LogP contribution in [0.3, 0.4) is 0 Å². The van der Waals surface area contributed by atoms with Gasteiger partial charge in [0.15, 0.2) is 28.4 Å². The van der Waals surface area contributed by atoms with Crippen LogP contribution >= 0.6 is 51.3 Å². The first-order valence-electron chi connectivity index (χ1n) is 5.77. The molecule has 0 aromatic heterocycles. The molecular formula is C13H5BrCl2F4N2S. The molecule has 0 heterocycles. The highest BCUT2D eigenvalue weighted by molar-refractivity contribution is 9.10. The van der Waals surface area contributed by atoms with E-state index in [1.807, 2.05) is 0 Å². The molecule has 2 aromatic carbocycles. The SMILES string of the molecule is Fc1c(F)c(NC(=S)Nc2ccc(Cl)c(Cl)c2)c(F)c(F)c1Br. The molecule has 0 fully saturated rings. The molecule has 0 atom stereocenters. The molecule has 0 unspecified atom stereocenters. The van der Waals surface area contributed by atoms with Crippen LogP contribution in [-0.4, -0.2) is 5.11 Å². The molecular weight excluding hydrogens is 443 g/mol. The lowest BCUT2D eigenvalue weighted by Crippen LogP contribution is -2.21. The average Bonchev–Trinajstić information content (AvgIpc) is 2.51. The molecule has 23 heavy (non-hydrogen) atoms. The quantitative estimate of drug-likeness (QED) is 0.251. The van der Waals surface area contributed by atoms with Crippen molar-refractivity contribution in [1.82, 2.24) is 0 Å². The third-order valence-electron chi connectivity index (χ3n) is 2.63. The molecule has 10 heteroatoms. The smallest absolute Gasteiger partial charge is 0.186 e. The minimum Gasteiger partial charge on any atom is -0.332 e. The first kappa shape index (κ1) is 18.3. The van der Waals surface area contributed by atoms with Crippen molar-refractivity contribution in [2.75, 3.05) is 10.6 Å². The van der Waals surface area contributed by atoms with Crippen LogP contribution in [0.5, 0.6) is 0 Å². The van der Waals surface area contributed by atoms with Gasteiger partial charge in [-0.25, -0.2) is 17.6 Å². The van der Waals surface area contributed by atoms with Gasteiger partial charge in [-0.3, -0.25) is 0 Å². The van der Waals surface area contributed by atoms with E-state index in [-0.39, 0.29) is 10.1 Å². The molecule has 0 spiro atoms. The lowest BCUT2D eigenvalue weighted by molar-refractivity contribution is 0.452. The van der Waals surface area contributed by atoms with Gasteiger partial charge in [0, 0.05) is 5.69 Å². The fourth-order valence-corrected chi connectivity index (χ4v) is 2.43. The lowest BCUT2D eigenvalue weighted by atomic mass is 10.2. The largest absolute Gasteiger partial charge is 0.332 e. The molecule has 0 saturated carbocycles. The number of anilines is 2. The van der Waals surface area contributed by atoms with Crippen molar-refractivity contribution in [2.45, 2.75) is 0 Å². The van der Waals surface area contributed by atoms with E-state index >= 15 is 0 Å². The summed E-state index contributed by atoms with van der Waals surface area (Å²) in [4.78, 5) is 0. The Bertz CT molecular complexity index is 775. The fourth-order valence-electron chi connectivity index (χ4n) is 1.56. The summed E-state index contributed by atoms with van der Waals surface area (Å²) in [5, 5.41) is 4.83. The maximum atomic E-state index is 13.7. The number of thiocarbonyl (C=S) groups is 1. The zero-order chi connectivity index (χ0) is 17.3. The molecule has 2 rings (SSSR count). The van der Waals surface area contributed by atoms with Gasteiger partial charge in [0.1, 0.15) is 5.69 Å². The Morgan fingerprint density at radius 2 is 1.48 bits per heavy atom. The third-order valence-corrected chi connectivity index (χ3v) is 4.27. The van der Waals surface area contributed by atoms with Crippen LogP contribution in [0, 0.1) is 23.3 Å². The Kier molecular flexibility index (Phi) is 5.72. The molecule has 0 saturated heterocycles. The van der Waals surface area contributed by atoms with Crippen LogP contribution in [-0.2, 0) is 0 Å². The van der Waals surface area contributed by atoms with Gasteiger partial charge in [-0.05, 0) is 46.3 Å². The van der Waals surface area contributed by atoms with Crippen LogP contribution in [0.15, 0.2) is 22.7 Å². The van der Waals surface area contributed by atoms with Gasteiger partial charge in [-0.1, -0.05) is 23.2 Å². The van der Waals surface area contributed by atoms with Crippen LogP contribution in [0.1, 0.15) is 0 Å². The van der Waals surface area contributed by atoms with Gasteiger partial charge in [0.05, 0.1) is 14.5 Å². The van der Waals surface area contributed by atoms with Crippen molar-refractivity contribution >= 4 is 67.8 Å². The summed E-state index contributed by atoms with van der Waals surface area (Å²) in [6, 6.07) is 4.37. The number of benzene rings is 2. The van der Waals surface area contributed by atoms with Gasteiger partial charge in [0.25, 0.3) is 0 Å². The predicted molar refractivity (Wildman–Crippen MR) is 90.3 cm³/mol. The number of hydrogen-bond acceptors (Lipinski definition) is 1. The van der Waals surface area contributed by atoms with E-state index in [1.54, 1.807) is 0 Å². The van der Waals surface area contributed by atoms with Crippen molar-refractivity contribution in [3.8, 4) is 0 Å². The number of hydrogen-bond donors (Lipinski definition) is 2. The summed E-state index contributed by atoms with van der Waals surface area (Å²) >= 11 is 18.8. The van der Waals surface area contributed by atoms with E-state index in [0.29, 0.717) is 10.7 Å². The van der Waals surface area contributed by atoms with E-state index in [2.05, 4.69) is 26.6 Å². The maximum Gasteiger partial charge on any atom is 0.186 e. The first-order valence-corrected chi connectivity index (χ1v) is 7.72. The van der Waals surface area contributed by atoms with E-state index in [0.717, 1.165) is 0 Å². The van der Waals surface area contributed by atoms with E-state index < -0.39 is 33.4 Å². The second-order valence-electron chi connectivity index (χ2n) is 4.15. The minimum absolute atomic E-state index is 0.220. The summed E-state index contributed by atoms with van der Waals surface area (Å²) in [5.74, 6) is -6.39. The van der Waals surface area contributed by atoms with Gasteiger partial charge in [-0.15, -0.1) is 0 Å². The highest BCUT2D eigenvalue weighted by Crippen LogP contribution is 2.31. The molecule has 0 aliphatic rings. The van der Waals surface area contributed by atoms with Crippen LogP contribution in [0.25, 0.3) is 0 Å². The minimum atomic E-state index is -1.62. The summed E-state index contributed by atoms with van der Waals surface area (Å²) in [6.45, 7) is 0. The predicted octanol–water partition coefficient (Wildman–Crippen LogP) is 6.12. The summed E-state index contributed by atoms with van der Waals surface area (Å²) in [7, 11) is 0. The van der Waals surface area contributed by atoms with Gasteiger partial charge in [0.2, 0.25) is 0 Å². The monoisotopic (exact) mass is 446 g/mol. The highest BCUT2D eigenvalue weighted by Gasteiger charge is 2.24. The summed E-state index contributed by atoms with van der Waals surface area (Å²) in [5.41, 5.74) is -0.698. The number of rotatable bonds is 2. The Morgan fingerprint density at radius 1 is 0.913 bits per heavy atom. The topological polar surface area (TPSA) is 24.1 Å². The molecule has 0 radical (unpaired) electrons. The Balaban J connectivity index is 2.25. The normalized spacial score (nSPS) is 10.6. The molecule has 122 valence electrons. The van der Waals surface area contributed by atoms with Gasteiger partial charge >= 0.3 is 0 Å². The number of halogens is 7. The molecule has 0 amide bonds.